The number of benzene rings is 1. The fourth-order valence-electron chi connectivity index (χ4n) is 3.92. The maximum absolute atomic E-state index is 9.60. The van der Waals surface area contributed by atoms with Crippen LogP contribution in [-0.2, 0) is 0 Å². The molecule has 0 fully saturated rings. The molecule has 4 rings (SSSR count). The molecule has 1 aliphatic rings. The highest BCUT2D eigenvalue weighted by Crippen LogP contribution is 2.41. The van der Waals surface area contributed by atoms with Crippen LogP contribution < -0.4 is 5.73 Å². The van der Waals surface area contributed by atoms with Crippen LogP contribution in [0.2, 0.25) is 0 Å². The SMILES string of the molecule is C=CC1=C(C=C)CC(c2cn(-c3ccc(O)cc3)c3c(N)ncnc23)CC1. The van der Waals surface area contributed by atoms with Crippen LogP contribution in [0.5, 0.6) is 5.75 Å². The lowest BCUT2D eigenvalue weighted by atomic mass is 9.80. The Morgan fingerprint density at radius 2 is 1.85 bits per heavy atom. The van der Waals surface area contributed by atoms with Crippen LogP contribution in [0.4, 0.5) is 5.82 Å². The molecule has 0 aliphatic heterocycles. The van der Waals surface area contributed by atoms with Gasteiger partial charge in [-0.2, -0.15) is 0 Å². The highest BCUT2D eigenvalue weighted by atomic mass is 16.3. The molecule has 3 N–H and O–H groups in total. The highest BCUT2D eigenvalue weighted by molar-refractivity contribution is 5.90. The average molecular weight is 358 g/mol. The number of aromatic nitrogens is 3. The van der Waals surface area contributed by atoms with Crippen molar-refractivity contribution in [2.75, 3.05) is 5.73 Å². The van der Waals surface area contributed by atoms with Gasteiger partial charge in [-0.05, 0) is 60.6 Å². The molecular weight excluding hydrogens is 336 g/mol. The third kappa shape index (κ3) is 2.91. The molecule has 0 bridgehead atoms. The Morgan fingerprint density at radius 3 is 2.56 bits per heavy atom. The van der Waals surface area contributed by atoms with Gasteiger partial charge in [0.2, 0.25) is 0 Å². The summed E-state index contributed by atoms with van der Waals surface area (Å²) in [5, 5.41) is 9.60. The van der Waals surface area contributed by atoms with E-state index in [2.05, 4.69) is 29.3 Å². The van der Waals surface area contributed by atoms with Crippen molar-refractivity contribution in [3.05, 3.63) is 78.8 Å². The van der Waals surface area contributed by atoms with E-state index in [0.29, 0.717) is 11.7 Å². The van der Waals surface area contributed by atoms with Crippen molar-refractivity contribution in [3.8, 4) is 11.4 Å². The van der Waals surface area contributed by atoms with E-state index in [0.717, 1.165) is 41.5 Å². The number of hydrogen-bond donors (Lipinski definition) is 2. The Bertz CT molecular complexity index is 1060. The van der Waals surface area contributed by atoms with E-state index in [4.69, 9.17) is 5.73 Å². The van der Waals surface area contributed by atoms with Gasteiger partial charge in [-0.15, -0.1) is 0 Å². The lowest BCUT2D eigenvalue weighted by Gasteiger charge is -2.24. The molecular formula is C22H22N4O. The van der Waals surface area contributed by atoms with Gasteiger partial charge in [0.25, 0.3) is 0 Å². The van der Waals surface area contributed by atoms with Crippen molar-refractivity contribution < 1.29 is 5.11 Å². The molecule has 5 heteroatoms. The third-order valence-corrected chi connectivity index (χ3v) is 5.33. The number of hydrogen-bond acceptors (Lipinski definition) is 4. The van der Waals surface area contributed by atoms with E-state index in [9.17, 15) is 5.11 Å². The minimum absolute atomic E-state index is 0.227. The lowest BCUT2D eigenvalue weighted by molar-refractivity contribution is 0.475. The van der Waals surface area contributed by atoms with E-state index in [1.807, 2.05) is 28.9 Å². The van der Waals surface area contributed by atoms with E-state index in [1.165, 1.54) is 17.5 Å². The van der Waals surface area contributed by atoms with Gasteiger partial charge in [0.05, 0.1) is 5.52 Å². The molecule has 0 spiro atoms. The molecule has 0 amide bonds. The Kier molecular flexibility index (Phi) is 4.28. The number of anilines is 1. The zero-order chi connectivity index (χ0) is 19.0. The Morgan fingerprint density at radius 1 is 1.11 bits per heavy atom. The molecule has 0 saturated heterocycles. The molecule has 0 radical (unpaired) electrons. The first-order valence-corrected chi connectivity index (χ1v) is 9.00. The predicted octanol–water partition coefficient (Wildman–Crippen LogP) is 4.64. The van der Waals surface area contributed by atoms with Gasteiger partial charge in [0.1, 0.15) is 17.6 Å². The molecule has 1 aliphatic carbocycles. The van der Waals surface area contributed by atoms with Crippen molar-refractivity contribution in [2.45, 2.75) is 25.2 Å². The number of nitrogens with two attached hydrogens (primary N) is 1. The van der Waals surface area contributed by atoms with Gasteiger partial charge in [-0.1, -0.05) is 25.3 Å². The zero-order valence-corrected chi connectivity index (χ0v) is 15.1. The van der Waals surface area contributed by atoms with Gasteiger partial charge < -0.3 is 15.4 Å². The Hall–Kier alpha value is -3.34. The Balaban J connectivity index is 1.87. The number of fused-ring (bicyclic) bond motifs is 1. The molecule has 2 aromatic heterocycles. The maximum Gasteiger partial charge on any atom is 0.151 e. The fraction of sp³-hybridized carbons (Fsp3) is 0.182. The van der Waals surface area contributed by atoms with Crippen molar-refractivity contribution in [3.63, 3.8) is 0 Å². The summed E-state index contributed by atoms with van der Waals surface area (Å²) in [6.45, 7) is 7.89. The van der Waals surface area contributed by atoms with Crippen molar-refractivity contribution in [2.24, 2.45) is 0 Å². The normalized spacial score (nSPS) is 17.3. The number of nitrogens with zero attached hydrogens (tertiary/aromatic N) is 3. The molecule has 3 aromatic rings. The maximum atomic E-state index is 9.60. The molecule has 1 atom stereocenters. The van der Waals surface area contributed by atoms with Crippen LogP contribution in [0.3, 0.4) is 0 Å². The number of rotatable bonds is 4. The second-order valence-corrected chi connectivity index (χ2v) is 6.83. The molecule has 1 unspecified atom stereocenters. The molecule has 0 saturated carbocycles. The van der Waals surface area contributed by atoms with E-state index < -0.39 is 0 Å². The van der Waals surface area contributed by atoms with Crippen molar-refractivity contribution >= 4 is 16.9 Å². The summed E-state index contributed by atoms with van der Waals surface area (Å²) in [5.41, 5.74) is 12.5. The van der Waals surface area contributed by atoms with Crippen LogP contribution >= 0.6 is 0 Å². The average Bonchev–Trinajstić information content (AvgIpc) is 3.09. The number of phenolic OH excluding ortho intramolecular Hbond substituents is 1. The van der Waals surface area contributed by atoms with E-state index >= 15 is 0 Å². The van der Waals surface area contributed by atoms with E-state index in [1.54, 1.807) is 12.1 Å². The largest absolute Gasteiger partial charge is 0.508 e. The van der Waals surface area contributed by atoms with Gasteiger partial charge in [0, 0.05) is 17.4 Å². The summed E-state index contributed by atoms with van der Waals surface area (Å²) in [6, 6.07) is 7.04. The molecule has 2 heterocycles. The van der Waals surface area contributed by atoms with Crippen LogP contribution in [0.25, 0.3) is 16.7 Å². The summed E-state index contributed by atoms with van der Waals surface area (Å²) in [5.74, 6) is 1.00. The summed E-state index contributed by atoms with van der Waals surface area (Å²) < 4.78 is 2.01. The third-order valence-electron chi connectivity index (χ3n) is 5.33. The minimum atomic E-state index is 0.227. The summed E-state index contributed by atoms with van der Waals surface area (Å²) in [7, 11) is 0. The van der Waals surface area contributed by atoms with Gasteiger partial charge in [0.15, 0.2) is 5.82 Å². The van der Waals surface area contributed by atoms with Crippen molar-refractivity contribution in [1.29, 1.82) is 0 Å². The topological polar surface area (TPSA) is 77.0 Å². The van der Waals surface area contributed by atoms with Crippen LogP contribution in [0, 0.1) is 0 Å². The van der Waals surface area contributed by atoms with Crippen LogP contribution in [0.1, 0.15) is 30.7 Å². The number of phenols is 1. The smallest absolute Gasteiger partial charge is 0.151 e. The summed E-state index contributed by atoms with van der Waals surface area (Å²) >= 11 is 0. The number of nitrogen functional groups attached to an aromatic ring is 1. The summed E-state index contributed by atoms with van der Waals surface area (Å²) in [6.07, 6.45) is 10.4. The standard InChI is InChI=1S/C22H22N4O/c1-3-14-5-6-16(11-15(14)4-2)19-12-26(17-7-9-18(27)10-8-17)21-20(19)24-13-25-22(21)23/h3-4,7-10,12-13,16,27H,1-2,5-6,11H2,(H2,23,24,25). The quantitative estimate of drug-likeness (QED) is 0.712. The highest BCUT2D eigenvalue weighted by Gasteiger charge is 2.25. The second kappa shape index (κ2) is 6.76. The van der Waals surface area contributed by atoms with Crippen molar-refractivity contribution in [1.82, 2.24) is 14.5 Å². The lowest BCUT2D eigenvalue weighted by Crippen LogP contribution is -2.07. The van der Waals surface area contributed by atoms with E-state index in [-0.39, 0.29) is 5.75 Å². The first kappa shape index (κ1) is 17.1. The monoisotopic (exact) mass is 358 g/mol. The van der Waals surface area contributed by atoms with Crippen LogP contribution in [-0.4, -0.2) is 19.6 Å². The molecule has 1 aromatic carbocycles. The predicted molar refractivity (Wildman–Crippen MR) is 109 cm³/mol. The first-order chi connectivity index (χ1) is 13.1. The van der Waals surface area contributed by atoms with Gasteiger partial charge >= 0.3 is 0 Å². The molecule has 5 nitrogen and oxygen atoms in total. The second-order valence-electron chi connectivity index (χ2n) is 6.83. The van der Waals surface area contributed by atoms with Gasteiger partial charge in [-0.3, -0.25) is 0 Å². The molecule has 27 heavy (non-hydrogen) atoms. The minimum Gasteiger partial charge on any atom is -0.508 e. The summed E-state index contributed by atoms with van der Waals surface area (Å²) in [4.78, 5) is 8.73. The van der Waals surface area contributed by atoms with Crippen LogP contribution in [0.15, 0.2) is 73.2 Å². The number of allylic oxidation sites excluding steroid dienone is 4. The van der Waals surface area contributed by atoms with Gasteiger partial charge in [-0.25, -0.2) is 9.97 Å². The first-order valence-electron chi connectivity index (χ1n) is 9.00. The zero-order valence-electron chi connectivity index (χ0n) is 15.1. The number of aromatic hydroxyl groups is 1. The fourth-order valence-corrected chi connectivity index (χ4v) is 3.92. The Labute approximate surface area is 158 Å². The molecule has 136 valence electrons.